The molecule has 2 heterocycles. The van der Waals surface area contributed by atoms with Crippen molar-refractivity contribution in [1.29, 1.82) is 0 Å². The zero-order valence-corrected chi connectivity index (χ0v) is 22.7. The summed E-state index contributed by atoms with van der Waals surface area (Å²) in [5.74, 6) is -2.86. The van der Waals surface area contributed by atoms with E-state index in [2.05, 4.69) is 6.58 Å². The largest absolute Gasteiger partial charge is 0.459 e. The molecule has 204 valence electrons. The van der Waals surface area contributed by atoms with Gasteiger partial charge in [-0.05, 0) is 58.3 Å². The van der Waals surface area contributed by atoms with Gasteiger partial charge >= 0.3 is 5.97 Å². The van der Waals surface area contributed by atoms with E-state index in [1.54, 1.807) is 32.1 Å². The predicted octanol–water partition coefficient (Wildman–Crippen LogP) is 3.97. The Labute approximate surface area is 216 Å². The summed E-state index contributed by atoms with van der Waals surface area (Å²) in [6, 6.07) is 0. The van der Waals surface area contributed by atoms with Crippen LogP contribution in [0.25, 0.3) is 0 Å². The zero-order chi connectivity index (χ0) is 27.3. The van der Waals surface area contributed by atoms with Crippen molar-refractivity contribution in [3.8, 4) is 0 Å². The maximum atomic E-state index is 12.8. The van der Waals surface area contributed by atoms with Crippen LogP contribution in [0.4, 0.5) is 0 Å². The molecule has 0 aromatic rings. The van der Waals surface area contributed by atoms with E-state index in [0.717, 1.165) is 5.57 Å². The number of aliphatic hydroxyl groups excluding tert-OH is 2. The van der Waals surface area contributed by atoms with Gasteiger partial charge in [0.05, 0.1) is 18.3 Å². The molecule has 7 heteroatoms. The average Bonchev–Trinajstić information content (AvgIpc) is 2.76. The highest BCUT2D eigenvalue weighted by Gasteiger charge is 2.49. The van der Waals surface area contributed by atoms with Gasteiger partial charge in [0.2, 0.25) is 5.79 Å². The van der Waals surface area contributed by atoms with Gasteiger partial charge in [0.25, 0.3) is 0 Å². The number of rotatable bonds is 3. The lowest BCUT2D eigenvalue weighted by Gasteiger charge is -2.45. The number of aliphatic hydroxyl groups is 4. The second-order valence-electron chi connectivity index (χ2n) is 11.2. The first-order valence-corrected chi connectivity index (χ1v) is 13.0. The number of carbonyl (C=O) groups excluding carboxylic acids is 1. The smallest absolute Gasteiger partial charge is 0.330 e. The number of hydrogen-bond donors (Lipinski definition) is 4. The monoisotopic (exact) mass is 506 g/mol. The molecule has 0 amide bonds. The first-order valence-electron chi connectivity index (χ1n) is 13.0. The summed E-state index contributed by atoms with van der Waals surface area (Å²) in [5.41, 5.74) is -0.206. The Morgan fingerprint density at radius 1 is 1.19 bits per heavy atom. The van der Waals surface area contributed by atoms with Crippen LogP contribution in [0.5, 0.6) is 0 Å². The van der Waals surface area contributed by atoms with Crippen molar-refractivity contribution in [2.24, 2.45) is 17.8 Å². The highest BCUT2D eigenvalue weighted by Crippen LogP contribution is 2.39. The van der Waals surface area contributed by atoms with Gasteiger partial charge in [0, 0.05) is 18.4 Å². The van der Waals surface area contributed by atoms with Crippen molar-refractivity contribution in [1.82, 2.24) is 0 Å². The molecule has 7 nitrogen and oxygen atoms in total. The molecule has 2 aliphatic rings. The molecule has 2 aliphatic heterocycles. The minimum atomic E-state index is -1.84. The quantitative estimate of drug-likeness (QED) is 0.338. The molecular formula is C29H46O7. The van der Waals surface area contributed by atoms with Crippen LogP contribution in [0, 0.1) is 17.8 Å². The minimum absolute atomic E-state index is 0.0922. The van der Waals surface area contributed by atoms with Gasteiger partial charge in [-0.25, -0.2) is 4.79 Å². The number of carbonyl (C=O) groups is 1. The van der Waals surface area contributed by atoms with E-state index in [1.807, 2.05) is 20.8 Å². The van der Waals surface area contributed by atoms with Crippen LogP contribution in [0.15, 0.2) is 48.1 Å². The summed E-state index contributed by atoms with van der Waals surface area (Å²) in [7, 11) is 0. The van der Waals surface area contributed by atoms with Crippen LogP contribution in [-0.4, -0.2) is 62.2 Å². The Morgan fingerprint density at radius 2 is 1.86 bits per heavy atom. The van der Waals surface area contributed by atoms with E-state index in [4.69, 9.17) is 9.47 Å². The molecule has 0 unspecified atom stereocenters. The minimum Gasteiger partial charge on any atom is -0.459 e. The van der Waals surface area contributed by atoms with Gasteiger partial charge in [-0.2, -0.15) is 0 Å². The van der Waals surface area contributed by atoms with Gasteiger partial charge in [0.1, 0.15) is 11.7 Å². The Kier molecular flexibility index (Phi) is 10.7. The fraction of sp³-hybridized carbons (Fsp3) is 0.690. The summed E-state index contributed by atoms with van der Waals surface area (Å²) >= 11 is 0. The molecule has 0 aromatic heterocycles. The van der Waals surface area contributed by atoms with Crippen molar-refractivity contribution < 1.29 is 34.7 Å². The Hall–Kier alpha value is -1.77. The third-order valence-corrected chi connectivity index (χ3v) is 7.75. The van der Waals surface area contributed by atoms with Crippen LogP contribution in [-0.2, 0) is 14.3 Å². The molecule has 0 aliphatic carbocycles. The van der Waals surface area contributed by atoms with Gasteiger partial charge in [-0.15, -0.1) is 0 Å². The number of cyclic esters (lactones) is 1. The van der Waals surface area contributed by atoms with Crippen molar-refractivity contribution in [3.05, 3.63) is 48.1 Å². The normalized spacial score (nSPS) is 42.2. The summed E-state index contributed by atoms with van der Waals surface area (Å²) in [5, 5.41) is 43.1. The summed E-state index contributed by atoms with van der Waals surface area (Å²) in [6.45, 7) is 14.7. The van der Waals surface area contributed by atoms with Gasteiger partial charge in [0.15, 0.2) is 0 Å². The third kappa shape index (κ3) is 8.12. The Balaban J connectivity index is 2.41. The van der Waals surface area contributed by atoms with Crippen molar-refractivity contribution in [3.63, 3.8) is 0 Å². The van der Waals surface area contributed by atoms with E-state index in [1.165, 1.54) is 19.1 Å². The molecule has 1 fully saturated rings. The van der Waals surface area contributed by atoms with Crippen LogP contribution < -0.4 is 0 Å². The van der Waals surface area contributed by atoms with Crippen molar-refractivity contribution in [2.75, 3.05) is 0 Å². The lowest BCUT2D eigenvalue weighted by Crippen LogP contribution is -2.56. The maximum Gasteiger partial charge on any atom is 0.330 e. The first-order chi connectivity index (χ1) is 16.6. The molecular weight excluding hydrogens is 460 g/mol. The predicted molar refractivity (Wildman–Crippen MR) is 140 cm³/mol. The summed E-state index contributed by atoms with van der Waals surface area (Å²) in [6.07, 6.45) is 7.94. The highest BCUT2D eigenvalue weighted by molar-refractivity contribution is 5.83. The second-order valence-corrected chi connectivity index (χ2v) is 11.2. The first kappa shape index (κ1) is 30.5. The topological polar surface area (TPSA) is 116 Å². The lowest BCUT2D eigenvalue weighted by atomic mass is 9.83. The second kappa shape index (κ2) is 12.7. The van der Waals surface area contributed by atoms with Crippen LogP contribution >= 0.6 is 0 Å². The van der Waals surface area contributed by atoms with E-state index >= 15 is 0 Å². The number of esters is 1. The molecule has 0 radical (unpaired) electrons. The van der Waals surface area contributed by atoms with E-state index in [9.17, 15) is 25.2 Å². The fourth-order valence-corrected chi connectivity index (χ4v) is 4.58. The van der Waals surface area contributed by atoms with E-state index in [0.29, 0.717) is 31.3 Å². The Morgan fingerprint density at radius 3 is 2.50 bits per heavy atom. The molecule has 0 aromatic carbocycles. The molecule has 1 saturated heterocycles. The van der Waals surface area contributed by atoms with Gasteiger partial charge in [-0.1, -0.05) is 62.8 Å². The van der Waals surface area contributed by atoms with Crippen molar-refractivity contribution >= 4 is 5.97 Å². The third-order valence-electron chi connectivity index (χ3n) is 7.75. The molecule has 2 bridgehead atoms. The molecule has 0 saturated carbocycles. The van der Waals surface area contributed by atoms with Gasteiger partial charge < -0.3 is 29.9 Å². The Bertz CT molecular complexity index is 856. The van der Waals surface area contributed by atoms with E-state index in [-0.39, 0.29) is 24.2 Å². The van der Waals surface area contributed by atoms with Crippen molar-refractivity contribution in [2.45, 2.75) is 109 Å². The number of hydrogen-bond acceptors (Lipinski definition) is 7. The fourth-order valence-electron chi connectivity index (χ4n) is 4.58. The molecule has 36 heavy (non-hydrogen) atoms. The van der Waals surface area contributed by atoms with Crippen LogP contribution in [0.3, 0.4) is 0 Å². The highest BCUT2D eigenvalue weighted by atomic mass is 16.6. The number of allylic oxidation sites excluding steroid dienone is 1. The summed E-state index contributed by atoms with van der Waals surface area (Å²) < 4.78 is 11.8. The molecule has 4 N–H and O–H groups in total. The molecule has 2 rings (SSSR count). The maximum absolute atomic E-state index is 12.8. The van der Waals surface area contributed by atoms with E-state index < -0.39 is 41.8 Å². The number of ether oxygens (including phenoxy) is 2. The standard InChI is InChI=1S/C29H46O7/c1-18-14-24-11-8-12-25(31)22(5)20(3)16-27(32)35-26(15-21(4)23(6)30)19(2)10-9-13-28(7,33)29(34,17-18)36-24/h8-9,12-13,16,19,21-26,30-31,33-34H,1,10-11,14-15,17H2,2-7H3/b12-8+,13-9+,20-16+/t19-,21-,22-,23+,24-,25+,26-,28+,29-/m1/s1. The van der Waals surface area contributed by atoms with Gasteiger partial charge in [-0.3, -0.25) is 0 Å². The zero-order valence-electron chi connectivity index (χ0n) is 22.7. The number of fused-ring (bicyclic) bond motifs is 2. The average molecular weight is 507 g/mol. The van der Waals surface area contributed by atoms with Crippen LogP contribution in [0.2, 0.25) is 0 Å². The SMILES string of the molecule is C=C1C[C@H]2C/C=C/[C@H](O)[C@H](C)/C(C)=C/C(=O)O[C@H](C[C@@H](C)[C@H](C)O)[C@H](C)C/C=C/[C@](C)(O)[C@@](O)(C1)O2. The molecule has 0 spiro atoms. The van der Waals surface area contributed by atoms with Crippen LogP contribution in [0.1, 0.15) is 73.6 Å². The lowest BCUT2D eigenvalue weighted by molar-refractivity contribution is -0.305. The summed E-state index contributed by atoms with van der Waals surface area (Å²) in [4.78, 5) is 12.8. The molecule has 9 atom stereocenters.